The zero-order chi connectivity index (χ0) is 13.2. The van der Waals surface area contributed by atoms with Crippen LogP contribution in [0.3, 0.4) is 0 Å². The maximum atomic E-state index is 11.2. The van der Waals surface area contributed by atoms with Crippen LogP contribution in [0.2, 0.25) is 0 Å². The Morgan fingerprint density at radius 2 is 2.21 bits per heavy atom. The second kappa shape index (κ2) is 5.21. The average Bonchev–Trinajstić information content (AvgIpc) is 2.92. The SMILES string of the molecule is NC(=O)CN1CC[C@H]([C@H]2CCOC2)c2ccccc21. The summed E-state index contributed by atoms with van der Waals surface area (Å²) in [6, 6.07) is 8.39. The van der Waals surface area contributed by atoms with Gasteiger partial charge in [-0.15, -0.1) is 0 Å². The van der Waals surface area contributed by atoms with Gasteiger partial charge in [0.15, 0.2) is 0 Å². The van der Waals surface area contributed by atoms with Gasteiger partial charge < -0.3 is 15.4 Å². The maximum Gasteiger partial charge on any atom is 0.236 e. The zero-order valence-electron chi connectivity index (χ0n) is 11.0. The van der Waals surface area contributed by atoms with Crippen molar-refractivity contribution in [2.24, 2.45) is 11.7 Å². The number of carbonyl (C=O) groups excluding carboxylic acids is 1. The van der Waals surface area contributed by atoms with Crippen LogP contribution >= 0.6 is 0 Å². The molecular formula is C15H20N2O2. The number of nitrogens with two attached hydrogens (primary N) is 1. The van der Waals surface area contributed by atoms with Crippen molar-refractivity contribution < 1.29 is 9.53 Å². The van der Waals surface area contributed by atoms with Gasteiger partial charge in [-0.25, -0.2) is 0 Å². The molecule has 2 N–H and O–H groups in total. The van der Waals surface area contributed by atoms with Crippen molar-refractivity contribution in [3.05, 3.63) is 29.8 Å². The molecule has 1 fully saturated rings. The van der Waals surface area contributed by atoms with Gasteiger partial charge in [-0.3, -0.25) is 4.79 Å². The fraction of sp³-hybridized carbons (Fsp3) is 0.533. The normalized spacial score (nSPS) is 26.2. The number of anilines is 1. The number of amides is 1. The van der Waals surface area contributed by atoms with Crippen LogP contribution in [0.1, 0.15) is 24.3 Å². The molecule has 0 spiro atoms. The number of primary amides is 1. The van der Waals surface area contributed by atoms with Crippen LogP contribution in [0.25, 0.3) is 0 Å². The first-order valence-electron chi connectivity index (χ1n) is 6.95. The summed E-state index contributed by atoms with van der Waals surface area (Å²) in [5.74, 6) is 0.914. The summed E-state index contributed by atoms with van der Waals surface area (Å²) in [5.41, 5.74) is 7.86. The Bertz CT molecular complexity index is 469. The number of hydrogen-bond acceptors (Lipinski definition) is 3. The van der Waals surface area contributed by atoms with E-state index in [1.807, 2.05) is 6.07 Å². The Hall–Kier alpha value is -1.55. The summed E-state index contributed by atoms with van der Waals surface area (Å²) < 4.78 is 5.53. The minimum atomic E-state index is -0.266. The third kappa shape index (κ3) is 2.45. The third-order valence-corrected chi connectivity index (χ3v) is 4.27. The molecule has 0 bridgehead atoms. The van der Waals surface area contributed by atoms with E-state index >= 15 is 0 Å². The van der Waals surface area contributed by atoms with Crippen LogP contribution in [-0.2, 0) is 9.53 Å². The van der Waals surface area contributed by atoms with Crippen molar-refractivity contribution in [1.82, 2.24) is 0 Å². The Morgan fingerprint density at radius 1 is 1.37 bits per heavy atom. The second-order valence-corrected chi connectivity index (χ2v) is 5.47. The van der Waals surface area contributed by atoms with E-state index in [4.69, 9.17) is 10.5 Å². The Kier molecular flexibility index (Phi) is 3.42. The van der Waals surface area contributed by atoms with Crippen LogP contribution < -0.4 is 10.6 Å². The number of hydrogen-bond donors (Lipinski definition) is 1. The van der Waals surface area contributed by atoms with E-state index in [0.29, 0.717) is 18.4 Å². The standard InChI is InChI=1S/C15H20N2O2/c16-15(18)9-17-7-5-12(11-6-8-19-10-11)13-3-1-2-4-14(13)17/h1-4,11-12H,5-10H2,(H2,16,18)/t11-,12+/m0/s1. The molecule has 102 valence electrons. The molecule has 0 aliphatic carbocycles. The first kappa shape index (κ1) is 12.5. The number of benzene rings is 1. The Labute approximate surface area is 113 Å². The predicted octanol–water partition coefficient (Wildman–Crippen LogP) is 1.50. The Balaban J connectivity index is 1.88. The van der Waals surface area contributed by atoms with Crippen LogP contribution in [0.4, 0.5) is 5.69 Å². The van der Waals surface area contributed by atoms with E-state index in [9.17, 15) is 4.79 Å². The van der Waals surface area contributed by atoms with Crippen molar-refractivity contribution in [1.29, 1.82) is 0 Å². The fourth-order valence-electron chi connectivity index (χ4n) is 3.37. The first-order valence-corrected chi connectivity index (χ1v) is 6.95. The molecule has 0 saturated carbocycles. The molecule has 0 aromatic heterocycles. The molecule has 1 amide bonds. The van der Waals surface area contributed by atoms with Gasteiger partial charge in [0.2, 0.25) is 5.91 Å². The number of ether oxygens (including phenoxy) is 1. The van der Waals surface area contributed by atoms with Gasteiger partial charge in [0.05, 0.1) is 13.2 Å². The van der Waals surface area contributed by atoms with Gasteiger partial charge in [0, 0.05) is 18.8 Å². The van der Waals surface area contributed by atoms with Gasteiger partial charge in [-0.2, -0.15) is 0 Å². The molecular weight excluding hydrogens is 240 g/mol. The van der Waals surface area contributed by atoms with Crippen LogP contribution in [-0.4, -0.2) is 32.2 Å². The topological polar surface area (TPSA) is 55.6 Å². The largest absolute Gasteiger partial charge is 0.381 e. The molecule has 4 nitrogen and oxygen atoms in total. The minimum Gasteiger partial charge on any atom is -0.381 e. The molecule has 1 saturated heterocycles. The highest BCUT2D eigenvalue weighted by atomic mass is 16.5. The smallest absolute Gasteiger partial charge is 0.236 e. The number of para-hydroxylation sites is 1. The van der Waals surface area contributed by atoms with Gasteiger partial charge in [0.1, 0.15) is 0 Å². The Morgan fingerprint density at radius 3 is 2.95 bits per heavy atom. The van der Waals surface area contributed by atoms with Crippen molar-refractivity contribution in [2.75, 3.05) is 31.2 Å². The number of fused-ring (bicyclic) bond motifs is 1. The second-order valence-electron chi connectivity index (χ2n) is 5.47. The molecule has 2 aliphatic rings. The van der Waals surface area contributed by atoms with E-state index in [1.54, 1.807) is 0 Å². The molecule has 2 heterocycles. The summed E-state index contributed by atoms with van der Waals surface area (Å²) in [4.78, 5) is 13.3. The van der Waals surface area contributed by atoms with Crippen molar-refractivity contribution in [3.8, 4) is 0 Å². The maximum absolute atomic E-state index is 11.2. The summed E-state index contributed by atoms with van der Waals surface area (Å²) >= 11 is 0. The van der Waals surface area contributed by atoms with Crippen molar-refractivity contribution in [2.45, 2.75) is 18.8 Å². The lowest BCUT2D eigenvalue weighted by atomic mass is 9.80. The van der Waals surface area contributed by atoms with E-state index in [0.717, 1.165) is 32.6 Å². The first-order chi connectivity index (χ1) is 9.25. The number of rotatable bonds is 3. The molecule has 0 radical (unpaired) electrons. The zero-order valence-corrected chi connectivity index (χ0v) is 11.0. The average molecular weight is 260 g/mol. The quantitative estimate of drug-likeness (QED) is 0.896. The molecule has 2 aliphatic heterocycles. The lowest BCUT2D eigenvalue weighted by molar-refractivity contribution is -0.116. The summed E-state index contributed by atoms with van der Waals surface area (Å²) in [6.45, 7) is 2.97. The van der Waals surface area contributed by atoms with E-state index in [-0.39, 0.29) is 5.91 Å². The molecule has 4 heteroatoms. The molecule has 1 aromatic rings. The molecule has 1 aromatic carbocycles. The fourth-order valence-corrected chi connectivity index (χ4v) is 3.37. The van der Waals surface area contributed by atoms with Gasteiger partial charge in [0.25, 0.3) is 0 Å². The van der Waals surface area contributed by atoms with Crippen molar-refractivity contribution >= 4 is 11.6 Å². The predicted molar refractivity (Wildman–Crippen MR) is 74.1 cm³/mol. The van der Waals surface area contributed by atoms with Gasteiger partial charge in [-0.05, 0) is 36.3 Å². The summed E-state index contributed by atoms with van der Waals surface area (Å²) in [5, 5.41) is 0. The summed E-state index contributed by atoms with van der Waals surface area (Å²) in [7, 11) is 0. The minimum absolute atomic E-state index is 0.266. The van der Waals surface area contributed by atoms with Crippen LogP contribution in [0.15, 0.2) is 24.3 Å². The van der Waals surface area contributed by atoms with Gasteiger partial charge in [-0.1, -0.05) is 18.2 Å². The van der Waals surface area contributed by atoms with E-state index < -0.39 is 0 Å². The van der Waals surface area contributed by atoms with Gasteiger partial charge >= 0.3 is 0 Å². The highest BCUT2D eigenvalue weighted by Crippen LogP contribution is 2.41. The van der Waals surface area contributed by atoms with E-state index in [1.165, 1.54) is 11.3 Å². The van der Waals surface area contributed by atoms with Crippen LogP contribution in [0.5, 0.6) is 0 Å². The third-order valence-electron chi connectivity index (χ3n) is 4.27. The highest BCUT2D eigenvalue weighted by Gasteiger charge is 2.33. The summed E-state index contributed by atoms with van der Waals surface area (Å²) in [6.07, 6.45) is 2.23. The monoisotopic (exact) mass is 260 g/mol. The number of nitrogens with zero attached hydrogens (tertiary/aromatic N) is 1. The molecule has 0 unspecified atom stereocenters. The lowest BCUT2D eigenvalue weighted by Gasteiger charge is -2.37. The molecule has 2 atom stereocenters. The number of carbonyl (C=O) groups is 1. The van der Waals surface area contributed by atoms with E-state index in [2.05, 4.69) is 23.1 Å². The van der Waals surface area contributed by atoms with Crippen molar-refractivity contribution in [3.63, 3.8) is 0 Å². The highest BCUT2D eigenvalue weighted by molar-refractivity contribution is 5.80. The van der Waals surface area contributed by atoms with Crippen LogP contribution in [0, 0.1) is 5.92 Å². The molecule has 3 rings (SSSR count). The molecule has 19 heavy (non-hydrogen) atoms. The lowest BCUT2D eigenvalue weighted by Crippen LogP contribution is -2.39.